The number of ether oxygens (including phenoxy) is 2. The van der Waals surface area contributed by atoms with Gasteiger partial charge in [-0.1, -0.05) is 23.2 Å². The van der Waals surface area contributed by atoms with Crippen LogP contribution in [0.5, 0.6) is 11.5 Å². The molecule has 5 rings (SSSR count). The van der Waals surface area contributed by atoms with Gasteiger partial charge in [-0.2, -0.15) is 0 Å². The average molecular weight is 491 g/mol. The lowest BCUT2D eigenvalue weighted by atomic mass is 10.0. The van der Waals surface area contributed by atoms with E-state index in [9.17, 15) is 9.59 Å². The summed E-state index contributed by atoms with van der Waals surface area (Å²) in [5, 5.41) is 3.76. The van der Waals surface area contributed by atoms with E-state index in [0.717, 1.165) is 11.1 Å². The van der Waals surface area contributed by atoms with Crippen LogP contribution in [0.4, 0.5) is 11.4 Å². The van der Waals surface area contributed by atoms with E-state index in [1.807, 2.05) is 0 Å². The zero-order valence-electron chi connectivity index (χ0n) is 17.9. The molecule has 33 heavy (non-hydrogen) atoms. The highest BCUT2D eigenvalue weighted by molar-refractivity contribution is 6.34. The highest BCUT2D eigenvalue weighted by Crippen LogP contribution is 2.40. The van der Waals surface area contributed by atoms with Crippen molar-refractivity contribution in [3.8, 4) is 11.5 Å². The van der Waals surface area contributed by atoms with Gasteiger partial charge in [0.05, 0.1) is 45.8 Å². The third-order valence-electron chi connectivity index (χ3n) is 6.53. The number of carbonyl (C=O) groups is 2. The molecule has 0 aliphatic carbocycles. The smallest absolute Gasteiger partial charge is 0.257 e. The zero-order chi connectivity index (χ0) is 23.3. The Morgan fingerprint density at radius 2 is 1.42 bits per heavy atom. The van der Waals surface area contributed by atoms with Crippen molar-refractivity contribution in [1.29, 1.82) is 0 Å². The van der Waals surface area contributed by atoms with E-state index < -0.39 is 0 Å². The van der Waals surface area contributed by atoms with Crippen molar-refractivity contribution in [3.63, 3.8) is 0 Å². The second kappa shape index (κ2) is 8.50. The Bertz CT molecular complexity index is 1160. The molecule has 1 saturated heterocycles. The van der Waals surface area contributed by atoms with Crippen molar-refractivity contribution in [3.05, 3.63) is 44.4 Å². The molecule has 2 amide bonds. The van der Waals surface area contributed by atoms with E-state index in [1.165, 1.54) is 0 Å². The maximum Gasteiger partial charge on any atom is 0.257 e. The minimum Gasteiger partial charge on any atom is -0.492 e. The van der Waals surface area contributed by atoms with E-state index in [-0.39, 0.29) is 17.9 Å². The van der Waals surface area contributed by atoms with E-state index in [2.05, 4.69) is 5.32 Å². The highest BCUT2D eigenvalue weighted by Gasteiger charge is 2.31. The van der Waals surface area contributed by atoms with Crippen molar-refractivity contribution >= 4 is 46.4 Å². The molecule has 1 fully saturated rings. The molecule has 5 N–H and O–H groups in total. The normalized spacial score (nSPS) is 17.2. The van der Waals surface area contributed by atoms with Gasteiger partial charge in [0, 0.05) is 43.1 Å². The molecule has 0 saturated carbocycles. The van der Waals surface area contributed by atoms with Crippen LogP contribution in [0.1, 0.15) is 44.7 Å². The van der Waals surface area contributed by atoms with Crippen molar-refractivity contribution in [1.82, 2.24) is 10.2 Å². The number of amides is 2. The average Bonchev–Trinajstić information content (AvgIpc) is 3.49. The summed E-state index contributed by atoms with van der Waals surface area (Å²) in [4.78, 5) is 27.9. The zero-order valence-corrected chi connectivity index (χ0v) is 19.4. The van der Waals surface area contributed by atoms with Crippen LogP contribution in [-0.2, 0) is 12.8 Å². The van der Waals surface area contributed by atoms with Crippen LogP contribution in [0.3, 0.4) is 0 Å². The monoisotopic (exact) mass is 490 g/mol. The number of nitrogen functional groups attached to an aromatic ring is 2. The quantitative estimate of drug-likeness (QED) is 0.568. The van der Waals surface area contributed by atoms with Crippen LogP contribution in [-0.4, -0.2) is 49.1 Å². The number of hydrogen-bond acceptors (Lipinski definition) is 6. The molecular formula is C23H24Cl2N4O4. The van der Waals surface area contributed by atoms with Crippen LogP contribution in [0.2, 0.25) is 10.0 Å². The molecule has 0 spiro atoms. The predicted molar refractivity (Wildman–Crippen MR) is 127 cm³/mol. The van der Waals surface area contributed by atoms with Gasteiger partial charge in [-0.25, -0.2) is 0 Å². The number of hydrogen-bond donors (Lipinski definition) is 3. The number of rotatable bonds is 3. The van der Waals surface area contributed by atoms with Gasteiger partial charge in [0.15, 0.2) is 0 Å². The molecule has 0 unspecified atom stereocenters. The Morgan fingerprint density at radius 3 is 2.00 bits per heavy atom. The lowest BCUT2D eigenvalue weighted by Crippen LogP contribution is -2.46. The number of fused-ring (bicyclic) bond motifs is 2. The Morgan fingerprint density at radius 1 is 0.909 bits per heavy atom. The summed E-state index contributed by atoms with van der Waals surface area (Å²) < 4.78 is 11.3. The highest BCUT2D eigenvalue weighted by atomic mass is 35.5. The first-order chi connectivity index (χ1) is 15.8. The summed E-state index contributed by atoms with van der Waals surface area (Å²) in [5.41, 5.74) is 15.4. The molecular weight excluding hydrogens is 467 g/mol. The van der Waals surface area contributed by atoms with Crippen molar-refractivity contribution in [2.24, 2.45) is 0 Å². The van der Waals surface area contributed by atoms with E-state index in [1.54, 1.807) is 17.0 Å². The molecule has 2 aromatic carbocycles. The number of nitrogens with one attached hydrogen (secondary N) is 1. The molecule has 0 radical (unpaired) electrons. The van der Waals surface area contributed by atoms with Crippen LogP contribution < -0.4 is 26.3 Å². The fraction of sp³-hybridized carbons (Fsp3) is 0.391. The second-order valence-corrected chi connectivity index (χ2v) is 9.31. The van der Waals surface area contributed by atoms with Gasteiger partial charge in [0.1, 0.15) is 11.5 Å². The topological polar surface area (TPSA) is 120 Å². The molecule has 174 valence electrons. The molecule has 0 aromatic heterocycles. The molecule has 0 bridgehead atoms. The van der Waals surface area contributed by atoms with Gasteiger partial charge in [0.2, 0.25) is 0 Å². The van der Waals surface area contributed by atoms with Gasteiger partial charge < -0.3 is 31.2 Å². The Labute approximate surface area is 201 Å². The lowest BCUT2D eigenvalue weighted by molar-refractivity contribution is 0.0694. The Balaban J connectivity index is 1.26. The molecule has 10 heteroatoms. The summed E-state index contributed by atoms with van der Waals surface area (Å²) in [7, 11) is 0. The number of nitrogens with two attached hydrogens (primary N) is 2. The molecule has 3 heterocycles. The summed E-state index contributed by atoms with van der Waals surface area (Å²) in [5.74, 6) is 0.648. The number of carbonyl (C=O) groups excluding carboxylic acids is 2. The summed E-state index contributed by atoms with van der Waals surface area (Å²) in [6.45, 7) is 1.95. The molecule has 0 atom stereocenters. The van der Waals surface area contributed by atoms with Crippen molar-refractivity contribution in [2.45, 2.75) is 31.7 Å². The van der Waals surface area contributed by atoms with Crippen LogP contribution in [0.15, 0.2) is 12.1 Å². The minimum atomic E-state index is -0.253. The van der Waals surface area contributed by atoms with Crippen molar-refractivity contribution in [2.75, 3.05) is 37.8 Å². The fourth-order valence-electron chi connectivity index (χ4n) is 4.72. The van der Waals surface area contributed by atoms with E-state index in [4.69, 9.17) is 44.1 Å². The second-order valence-electron chi connectivity index (χ2n) is 8.49. The van der Waals surface area contributed by atoms with E-state index in [0.29, 0.717) is 96.0 Å². The van der Waals surface area contributed by atoms with Gasteiger partial charge in [-0.3, -0.25) is 9.59 Å². The molecule has 3 aliphatic rings. The summed E-state index contributed by atoms with van der Waals surface area (Å²) in [6, 6.07) is 3.07. The van der Waals surface area contributed by atoms with E-state index >= 15 is 0 Å². The number of halogens is 2. The molecule has 8 nitrogen and oxygen atoms in total. The Kier molecular flexibility index (Phi) is 5.66. The van der Waals surface area contributed by atoms with Gasteiger partial charge in [0.25, 0.3) is 11.8 Å². The number of piperidine rings is 1. The first-order valence-electron chi connectivity index (χ1n) is 10.9. The van der Waals surface area contributed by atoms with Gasteiger partial charge in [-0.15, -0.1) is 0 Å². The summed E-state index contributed by atoms with van der Waals surface area (Å²) in [6.07, 6.45) is 2.51. The number of benzene rings is 2. The van der Waals surface area contributed by atoms with Crippen LogP contribution in [0, 0.1) is 0 Å². The maximum atomic E-state index is 13.2. The number of nitrogens with zero attached hydrogens (tertiary/aromatic N) is 1. The maximum absolute atomic E-state index is 13.2. The largest absolute Gasteiger partial charge is 0.492 e. The standard InChI is InChI=1S/C23H24Cl2N4O4/c24-16-9-14(20-12(18(16)26)3-7-32-20)22(30)28-11-1-5-29(6-2-11)23(31)15-10-17(25)19(27)13-4-8-33-21(13)15/h9-11H,1-8,26-27H2,(H,28,30). The lowest BCUT2D eigenvalue weighted by Gasteiger charge is -2.33. The van der Waals surface area contributed by atoms with Gasteiger partial charge >= 0.3 is 0 Å². The number of likely N-dealkylation sites (tertiary alicyclic amines) is 1. The first-order valence-corrected chi connectivity index (χ1v) is 11.7. The minimum absolute atomic E-state index is 0.0769. The predicted octanol–water partition coefficient (Wildman–Crippen LogP) is 3.06. The fourth-order valence-corrected chi connectivity index (χ4v) is 5.17. The molecule has 3 aliphatic heterocycles. The number of anilines is 2. The third-order valence-corrected chi connectivity index (χ3v) is 7.16. The molecule has 2 aromatic rings. The van der Waals surface area contributed by atoms with Crippen LogP contribution >= 0.6 is 23.2 Å². The first kappa shape index (κ1) is 22.0. The van der Waals surface area contributed by atoms with Gasteiger partial charge in [-0.05, 0) is 25.0 Å². The van der Waals surface area contributed by atoms with Crippen LogP contribution in [0.25, 0.3) is 0 Å². The summed E-state index contributed by atoms with van der Waals surface area (Å²) >= 11 is 12.5. The Hall–Kier alpha value is -2.84. The van der Waals surface area contributed by atoms with Crippen molar-refractivity contribution < 1.29 is 19.1 Å². The third kappa shape index (κ3) is 3.81. The SMILES string of the molecule is Nc1c(Cl)cc(C(=O)NC2CCN(C(=O)c3cc(Cl)c(N)c4c3OCC4)CC2)c2c1CCO2.